The third kappa shape index (κ3) is 3.38. The number of nitrogen functional groups attached to an aromatic ring is 1. The van der Waals surface area contributed by atoms with Gasteiger partial charge < -0.3 is 20.9 Å². The van der Waals surface area contributed by atoms with Crippen molar-refractivity contribution in [2.45, 2.75) is 37.8 Å². The highest BCUT2D eigenvalue weighted by Gasteiger charge is 2.22. The van der Waals surface area contributed by atoms with E-state index in [2.05, 4.69) is 5.32 Å². The number of aliphatic hydroxyl groups is 1. The number of nitrogens with one attached hydrogen (secondary N) is 1. The third-order valence-corrected chi connectivity index (χ3v) is 3.49. The molecule has 0 heterocycles. The Bertz CT molecular complexity index is 462. The summed E-state index contributed by atoms with van der Waals surface area (Å²) in [6, 6.07) is 5.02. The number of carbonyl (C=O) groups is 1. The van der Waals surface area contributed by atoms with E-state index >= 15 is 0 Å². The molecule has 5 heteroatoms. The Morgan fingerprint density at radius 1 is 1.47 bits per heavy atom. The molecule has 1 aromatic rings. The maximum absolute atomic E-state index is 12.2. The van der Waals surface area contributed by atoms with Gasteiger partial charge in [-0.25, -0.2) is 0 Å². The molecule has 2 rings (SSSR count). The van der Waals surface area contributed by atoms with Crippen LogP contribution < -0.4 is 15.8 Å². The molecule has 0 aliphatic heterocycles. The van der Waals surface area contributed by atoms with E-state index < -0.39 is 0 Å². The first-order valence-corrected chi connectivity index (χ1v) is 6.52. The van der Waals surface area contributed by atoms with Crippen molar-refractivity contribution in [1.29, 1.82) is 0 Å². The molecule has 1 aliphatic rings. The topological polar surface area (TPSA) is 84.6 Å². The average Bonchev–Trinajstić information content (AvgIpc) is 2.39. The second kappa shape index (κ2) is 5.93. The number of ether oxygens (including phenoxy) is 1. The lowest BCUT2D eigenvalue weighted by atomic mass is 9.93. The van der Waals surface area contributed by atoms with Gasteiger partial charge in [0, 0.05) is 11.7 Å². The summed E-state index contributed by atoms with van der Waals surface area (Å²) in [4.78, 5) is 12.2. The van der Waals surface area contributed by atoms with Gasteiger partial charge in [-0.15, -0.1) is 0 Å². The molecule has 2 atom stereocenters. The van der Waals surface area contributed by atoms with Crippen molar-refractivity contribution in [2.75, 3.05) is 12.8 Å². The van der Waals surface area contributed by atoms with Crippen LogP contribution in [-0.2, 0) is 0 Å². The van der Waals surface area contributed by atoms with E-state index in [0.717, 1.165) is 19.3 Å². The second-order valence-corrected chi connectivity index (χ2v) is 4.94. The molecule has 1 aromatic carbocycles. The van der Waals surface area contributed by atoms with E-state index in [4.69, 9.17) is 10.5 Å². The maximum Gasteiger partial charge on any atom is 0.253 e. The van der Waals surface area contributed by atoms with Crippen LogP contribution in [0.3, 0.4) is 0 Å². The zero-order chi connectivity index (χ0) is 13.8. The van der Waals surface area contributed by atoms with E-state index in [9.17, 15) is 9.90 Å². The number of rotatable bonds is 3. The summed E-state index contributed by atoms with van der Waals surface area (Å²) in [5, 5.41) is 12.5. The molecule has 1 amide bonds. The first kappa shape index (κ1) is 13.7. The highest BCUT2D eigenvalue weighted by molar-refractivity contribution is 5.99. The van der Waals surface area contributed by atoms with Crippen LogP contribution in [0.4, 0.5) is 5.69 Å². The van der Waals surface area contributed by atoms with Gasteiger partial charge in [0.05, 0.1) is 18.8 Å². The zero-order valence-corrected chi connectivity index (χ0v) is 11.1. The van der Waals surface area contributed by atoms with Gasteiger partial charge in [-0.3, -0.25) is 4.79 Å². The lowest BCUT2D eigenvalue weighted by molar-refractivity contribution is 0.0850. The van der Waals surface area contributed by atoms with E-state index in [1.165, 1.54) is 0 Å². The van der Waals surface area contributed by atoms with Crippen LogP contribution in [0.2, 0.25) is 0 Å². The van der Waals surface area contributed by atoms with Crippen LogP contribution in [0, 0.1) is 0 Å². The van der Waals surface area contributed by atoms with E-state index in [1.54, 1.807) is 25.3 Å². The molecular weight excluding hydrogens is 244 g/mol. The summed E-state index contributed by atoms with van der Waals surface area (Å²) < 4.78 is 5.09. The zero-order valence-electron chi connectivity index (χ0n) is 11.1. The van der Waals surface area contributed by atoms with Crippen molar-refractivity contribution in [3.63, 3.8) is 0 Å². The molecular formula is C14H20N2O3. The van der Waals surface area contributed by atoms with Gasteiger partial charge in [-0.1, -0.05) is 0 Å². The molecule has 1 saturated carbocycles. The normalized spacial score (nSPS) is 22.8. The fraction of sp³-hybridized carbons (Fsp3) is 0.500. The van der Waals surface area contributed by atoms with Crippen molar-refractivity contribution in [1.82, 2.24) is 5.32 Å². The summed E-state index contributed by atoms with van der Waals surface area (Å²) in [6.07, 6.45) is 2.93. The Morgan fingerprint density at radius 3 is 2.95 bits per heavy atom. The summed E-state index contributed by atoms with van der Waals surface area (Å²) in [5.41, 5.74) is 6.65. The van der Waals surface area contributed by atoms with Crippen LogP contribution in [0.25, 0.3) is 0 Å². The van der Waals surface area contributed by atoms with Gasteiger partial charge in [-0.2, -0.15) is 0 Å². The molecule has 0 spiro atoms. The van der Waals surface area contributed by atoms with Gasteiger partial charge in [-0.05, 0) is 43.9 Å². The number of methoxy groups -OCH3 is 1. The summed E-state index contributed by atoms with van der Waals surface area (Å²) in [5.74, 6) is 0.388. The average molecular weight is 264 g/mol. The number of hydrogen-bond donors (Lipinski definition) is 3. The Kier molecular flexibility index (Phi) is 4.27. The highest BCUT2D eigenvalue weighted by Crippen LogP contribution is 2.22. The van der Waals surface area contributed by atoms with E-state index in [-0.39, 0.29) is 18.1 Å². The molecule has 5 nitrogen and oxygen atoms in total. The SMILES string of the molecule is COc1ccc(N)c(C(=O)NC2CCCC(O)C2)c1. The van der Waals surface area contributed by atoms with Gasteiger partial charge in [0.2, 0.25) is 0 Å². The minimum Gasteiger partial charge on any atom is -0.497 e. The Morgan fingerprint density at radius 2 is 2.26 bits per heavy atom. The minimum absolute atomic E-state index is 0.0156. The quantitative estimate of drug-likeness (QED) is 0.719. The fourth-order valence-electron chi connectivity index (χ4n) is 2.42. The van der Waals surface area contributed by atoms with Crippen LogP contribution in [0.15, 0.2) is 18.2 Å². The Hall–Kier alpha value is -1.75. The van der Waals surface area contributed by atoms with E-state index in [0.29, 0.717) is 23.4 Å². The number of amides is 1. The standard InChI is InChI=1S/C14H20N2O3/c1-19-11-5-6-13(15)12(8-11)14(18)16-9-3-2-4-10(17)7-9/h5-6,8-10,17H,2-4,7,15H2,1H3,(H,16,18). The van der Waals surface area contributed by atoms with Crippen LogP contribution in [-0.4, -0.2) is 30.3 Å². The van der Waals surface area contributed by atoms with Gasteiger partial charge in [0.1, 0.15) is 5.75 Å². The van der Waals surface area contributed by atoms with Crippen molar-refractivity contribution < 1.29 is 14.6 Å². The summed E-state index contributed by atoms with van der Waals surface area (Å²) in [7, 11) is 1.55. The maximum atomic E-state index is 12.2. The smallest absolute Gasteiger partial charge is 0.253 e. The first-order valence-electron chi connectivity index (χ1n) is 6.52. The molecule has 0 bridgehead atoms. The van der Waals surface area contributed by atoms with Crippen molar-refractivity contribution in [2.24, 2.45) is 0 Å². The molecule has 1 aliphatic carbocycles. The number of anilines is 1. The number of carbonyl (C=O) groups excluding carboxylic acids is 1. The number of benzene rings is 1. The minimum atomic E-state index is -0.318. The van der Waals surface area contributed by atoms with Crippen LogP contribution in [0.5, 0.6) is 5.75 Å². The molecule has 0 saturated heterocycles. The largest absolute Gasteiger partial charge is 0.497 e. The third-order valence-electron chi connectivity index (χ3n) is 3.49. The van der Waals surface area contributed by atoms with Crippen LogP contribution >= 0.6 is 0 Å². The lowest BCUT2D eigenvalue weighted by Crippen LogP contribution is -2.40. The van der Waals surface area contributed by atoms with Crippen molar-refractivity contribution >= 4 is 11.6 Å². The lowest BCUT2D eigenvalue weighted by Gasteiger charge is -2.26. The predicted molar refractivity (Wildman–Crippen MR) is 73.1 cm³/mol. The molecule has 19 heavy (non-hydrogen) atoms. The summed E-state index contributed by atoms with van der Waals surface area (Å²) >= 11 is 0. The van der Waals surface area contributed by atoms with Gasteiger partial charge >= 0.3 is 0 Å². The Balaban J connectivity index is 2.06. The highest BCUT2D eigenvalue weighted by atomic mass is 16.5. The molecule has 0 aromatic heterocycles. The molecule has 1 fully saturated rings. The number of hydrogen-bond acceptors (Lipinski definition) is 4. The fourth-order valence-corrected chi connectivity index (χ4v) is 2.42. The molecule has 104 valence electrons. The number of aliphatic hydroxyl groups excluding tert-OH is 1. The van der Waals surface area contributed by atoms with Crippen LogP contribution in [0.1, 0.15) is 36.0 Å². The molecule has 2 unspecified atom stereocenters. The second-order valence-electron chi connectivity index (χ2n) is 4.94. The van der Waals surface area contributed by atoms with Gasteiger partial charge in [0.25, 0.3) is 5.91 Å². The van der Waals surface area contributed by atoms with Crippen molar-refractivity contribution in [3.8, 4) is 5.75 Å². The first-order chi connectivity index (χ1) is 9.10. The monoisotopic (exact) mass is 264 g/mol. The summed E-state index contributed by atoms with van der Waals surface area (Å²) in [6.45, 7) is 0. The van der Waals surface area contributed by atoms with E-state index in [1.807, 2.05) is 0 Å². The molecule has 0 radical (unpaired) electrons. The number of nitrogens with two attached hydrogens (primary N) is 1. The molecule has 4 N–H and O–H groups in total. The predicted octanol–water partition coefficient (Wildman–Crippen LogP) is 1.31. The van der Waals surface area contributed by atoms with Gasteiger partial charge in [0.15, 0.2) is 0 Å². The van der Waals surface area contributed by atoms with Crippen molar-refractivity contribution in [3.05, 3.63) is 23.8 Å². The Labute approximate surface area is 112 Å².